The Morgan fingerprint density at radius 1 is 1.53 bits per heavy atom. The van der Waals surface area contributed by atoms with Gasteiger partial charge in [0, 0.05) is 12.5 Å². The minimum atomic E-state index is -1.23. The smallest absolute Gasteiger partial charge is 0.343 e. The lowest BCUT2D eigenvalue weighted by atomic mass is 10.1. The van der Waals surface area contributed by atoms with Crippen molar-refractivity contribution in [1.82, 2.24) is 0 Å². The molecule has 0 aliphatic carbocycles. The van der Waals surface area contributed by atoms with Crippen LogP contribution >= 0.6 is 0 Å². The van der Waals surface area contributed by atoms with Gasteiger partial charge in [-0.3, -0.25) is 4.79 Å². The number of rotatable bonds is 1. The minimum Gasteiger partial charge on any atom is -0.428 e. The fourth-order valence-corrected chi connectivity index (χ4v) is 1.52. The number of aliphatic hydroxyl groups excluding tert-OH is 1. The maximum atomic E-state index is 11.3. The first-order valence-electron chi connectivity index (χ1n) is 4.39. The number of ether oxygens (including phenoxy) is 1. The Balaban J connectivity index is 2.50. The van der Waals surface area contributed by atoms with Crippen LogP contribution in [-0.4, -0.2) is 17.0 Å². The van der Waals surface area contributed by atoms with Crippen LogP contribution in [-0.2, 0) is 9.53 Å². The number of cyclic esters (lactones) is 1. The zero-order valence-corrected chi connectivity index (χ0v) is 7.98. The molecule has 1 aliphatic rings. The highest BCUT2D eigenvalue weighted by Gasteiger charge is 2.31. The van der Waals surface area contributed by atoms with Gasteiger partial charge in [0.2, 0.25) is 12.2 Å². The van der Waals surface area contributed by atoms with Crippen molar-refractivity contribution in [2.75, 3.05) is 5.32 Å². The van der Waals surface area contributed by atoms with Crippen LogP contribution in [0.4, 0.5) is 5.69 Å². The molecule has 1 unspecified atom stereocenters. The van der Waals surface area contributed by atoms with Gasteiger partial charge in [0.05, 0.1) is 11.3 Å². The largest absolute Gasteiger partial charge is 0.428 e. The van der Waals surface area contributed by atoms with Gasteiger partial charge in [0.25, 0.3) is 0 Å². The number of benzene rings is 1. The second-order valence-electron chi connectivity index (χ2n) is 3.21. The van der Waals surface area contributed by atoms with E-state index in [0.717, 1.165) is 0 Å². The topological polar surface area (TPSA) is 75.6 Å². The summed E-state index contributed by atoms with van der Waals surface area (Å²) in [5.41, 5.74) is 0.966. The molecule has 1 aromatic rings. The summed E-state index contributed by atoms with van der Waals surface area (Å²) in [6.45, 7) is 1.34. The Hall–Kier alpha value is -1.88. The zero-order chi connectivity index (χ0) is 11.0. The van der Waals surface area contributed by atoms with Gasteiger partial charge < -0.3 is 15.2 Å². The number of nitrogens with one attached hydrogen (secondary N) is 1. The minimum absolute atomic E-state index is 0.222. The van der Waals surface area contributed by atoms with E-state index in [4.69, 9.17) is 0 Å². The van der Waals surface area contributed by atoms with E-state index in [1.807, 2.05) is 0 Å². The van der Waals surface area contributed by atoms with Gasteiger partial charge in [-0.1, -0.05) is 12.1 Å². The Morgan fingerprint density at radius 2 is 2.27 bits per heavy atom. The van der Waals surface area contributed by atoms with Crippen LogP contribution in [0.15, 0.2) is 18.2 Å². The molecule has 0 saturated carbocycles. The van der Waals surface area contributed by atoms with E-state index in [-0.39, 0.29) is 11.5 Å². The molecule has 5 heteroatoms. The molecule has 0 aromatic heterocycles. The predicted molar refractivity (Wildman–Crippen MR) is 51.1 cm³/mol. The summed E-state index contributed by atoms with van der Waals surface area (Å²) >= 11 is 0. The molecular formula is C10H9NO4. The molecular weight excluding hydrogens is 198 g/mol. The summed E-state index contributed by atoms with van der Waals surface area (Å²) in [7, 11) is 0. The molecule has 2 rings (SSSR count). The lowest BCUT2D eigenvalue weighted by Gasteiger charge is -2.05. The fourth-order valence-electron chi connectivity index (χ4n) is 1.52. The van der Waals surface area contributed by atoms with Gasteiger partial charge in [-0.2, -0.15) is 0 Å². The zero-order valence-electron chi connectivity index (χ0n) is 7.98. The third-order valence-electron chi connectivity index (χ3n) is 2.10. The van der Waals surface area contributed by atoms with Gasteiger partial charge >= 0.3 is 5.97 Å². The van der Waals surface area contributed by atoms with E-state index in [1.165, 1.54) is 6.92 Å². The van der Waals surface area contributed by atoms with Crippen molar-refractivity contribution in [2.45, 2.75) is 13.2 Å². The number of aliphatic hydroxyl groups is 1. The molecule has 0 fully saturated rings. The normalized spacial score (nSPS) is 18.3. The second-order valence-corrected chi connectivity index (χ2v) is 3.21. The predicted octanol–water partition coefficient (Wildman–Crippen LogP) is 0.806. The second kappa shape index (κ2) is 3.36. The van der Waals surface area contributed by atoms with Crippen LogP contribution in [0.1, 0.15) is 29.1 Å². The van der Waals surface area contributed by atoms with Crippen LogP contribution in [0.3, 0.4) is 0 Å². The quantitative estimate of drug-likeness (QED) is 0.668. The Labute approximate surface area is 85.7 Å². The van der Waals surface area contributed by atoms with E-state index in [9.17, 15) is 14.7 Å². The molecule has 1 amide bonds. The lowest BCUT2D eigenvalue weighted by molar-refractivity contribution is -0.114. The van der Waals surface area contributed by atoms with Crippen LogP contribution in [0.2, 0.25) is 0 Å². The third kappa shape index (κ3) is 1.57. The van der Waals surface area contributed by atoms with Crippen molar-refractivity contribution in [3.63, 3.8) is 0 Å². The van der Waals surface area contributed by atoms with Crippen LogP contribution in [0.5, 0.6) is 0 Å². The summed E-state index contributed by atoms with van der Waals surface area (Å²) in [4.78, 5) is 22.2. The number of carbonyl (C=O) groups is 2. The van der Waals surface area contributed by atoms with Gasteiger partial charge in [-0.05, 0) is 6.07 Å². The molecule has 2 N–H and O–H groups in total. The number of anilines is 1. The molecule has 5 nitrogen and oxygen atoms in total. The highest BCUT2D eigenvalue weighted by Crippen LogP contribution is 2.33. The van der Waals surface area contributed by atoms with E-state index in [2.05, 4.69) is 10.1 Å². The van der Waals surface area contributed by atoms with Gasteiger partial charge in [0.1, 0.15) is 0 Å². The number of esters is 1. The van der Waals surface area contributed by atoms with Crippen LogP contribution < -0.4 is 5.32 Å². The number of fused-ring (bicyclic) bond motifs is 1. The number of amides is 1. The highest BCUT2D eigenvalue weighted by molar-refractivity contribution is 6.03. The lowest BCUT2D eigenvalue weighted by Crippen LogP contribution is -2.09. The van der Waals surface area contributed by atoms with Crippen LogP contribution in [0, 0.1) is 0 Å². The maximum Gasteiger partial charge on any atom is 0.343 e. The summed E-state index contributed by atoms with van der Waals surface area (Å²) < 4.78 is 4.62. The summed E-state index contributed by atoms with van der Waals surface area (Å²) in [6.07, 6.45) is -1.23. The molecule has 78 valence electrons. The average Bonchev–Trinajstić information content (AvgIpc) is 2.43. The van der Waals surface area contributed by atoms with E-state index < -0.39 is 12.3 Å². The molecule has 0 bridgehead atoms. The first kappa shape index (κ1) is 9.67. The first-order chi connectivity index (χ1) is 7.09. The summed E-state index contributed by atoms with van der Waals surface area (Å²) in [5.74, 6) is -0.903. The van der Waals surface area contributed by atoms with Gasteiger partial charge in [-0.15, -0.1) is 0 Å². The molecule has 1 aromatic carbocycles. The molecule has 0 spiro atoms. The SMILES string of the molecule is CC(=O)Nc1cccc2c1C(=O)OC2O. The van der Waals surface area contributed by atoms with E-state index in [0.29, 0.717) is 11.3 Å². The van der Waals surface area contributed by atoms with E-state index in [1.54, 1.807) is 18.2 Å². The number of hydrogen-bond acceptors (Lipinski definition) is 4. The Kier molecular flexibility index (Phi) is 2.17. The monoisotopic (exact) mass is 207 g/mol. The van der Waals surface area contributed by atoms with Crippen molar-refractivity contribution in [2.24, 2.45) is 0 Å². The van der Waals surface area contributed by atoms with E-state index >= 15 is 0 Å². The molecule has 0 saturated heterocycles. The van der Waals surface area contributed by atoms with Crippen molar-refractivity contribution >= 4 is 17.6 Å². The van der Waals surface area contributed by atoms with Gasteiger partial charge in [-0.25, -0.2) is 4.79 Å². The molecule has 1 atom stereocenters. The Morgan fingerprint density at radius 3 is 2.93 bits per heavy atom. The van der Waals surface area contributed by atoms with Crippen molar-refractivity contribution in [3.05, 3.63) is 29.3 Å². The number of carbonyl (C=O) groups excluding carboxylic acids is 2. The maximum absolute atomic E-state index is 11.3. The standard InChI is InChI=1S/C10H9NO4/c1-5(12)11-7-4-2-3-6-8(7)10(14)15-9(6)13/h2-4,9,13H,1H3,(H,11,12). The fraction of sp³-hybridized carbons (Fsp3) is 0.200. The third-order valence-corrected chi connectivity index (χ3v) is 2.10. The van der Waals surface area contributed by atoms with Crippen molar-refractivity contribution in [1.29, 1.82) is 0 Å². The first-order valence-corrected chi connectivity index (χ1v) is 4.39. The highest BCUT2D eigenvalue weighted by atomic mass is 16.6. The summed E-state index contributed by atoms with van der Waals surface area (Å²) in [6, 6.07) is 4.80. The molecule has 1 heterocycles. The summed E-state index contributed by atoms with van der Waals surface area (Å²) in [5, 5.41) is 11.9. The molecule has 0 radical (unpaired) electrons. The van der Waals surface area contributed by atoms with Crippen molar-refractivity contribution in [3.8, 4) is 0 Å². The molecule has 1 aliphatic heterocycles. The van der Waals surface area contributed by atoms with Gasteiger partial charge in [0.15, 0.2) is 0 Å². The number of hydrogen-bond donors (Lipinski definition) is 2. The molecule has 15 heavy (non-hydrogen) atoms. The Bertz CT molecular complexity index is 441. The van der Waals surface area contributed by atoms with Crippen molar-refractivity contribution < 1.29 is 19.4 Å². The average molecular weight is 207 g/mol. The van der Waals surface area contributed by atoms with Crippen LogP contribution in [0.25, 0.3) is 0 Å².